The Kier molecular flexibility index (Phi) is 6.33. The van der Waals surface area contributed by atoms with Crippen molar-refractivity contribution >= 4 is 21.6 Å². The van der Waals surface area contributed by atoms with E-state index in [-0.39, 0.29) is 11.9 Å². The van der Waals surface area contributed by atoms with Crippen LogP contribution in [0, 0.1) is 0 Å². The summed E-state index contributed by atoms with van der Waals surface area (Å²) in [5.41, 5.74) is 0.711. The van der Waals surface area contributed by atoms with E-state index in [2.05, 4.69) is 5.32 Å². The van der Waals surface area contributed by atoms with Crippen LogP contribution in [-0.4, -0.2) is 58.0 Å². The van der Waals surface area contributed by atoms with Crippen LogP contribution in [0.15, 0.2) is 59.5 Å². The van der Waals surface area contributed by atoms with Crippen LogP contribution in [0.1, 0.15) is 6.92 Å². The molecule has 0 spiro atoms. The number of anilines is 1. The highest BCUT2D eigenvalue weighted by Crippen LogP contribution is 2.16. The van der Waals surface area contributed by atoms with Gasteiger partial charge >= 0.3 is 0 Å². The standard InChI is InChI=1S/C20H25N3O4S/c1-16(20(24)21-17-8-10-18(27-2)11-9-17)22-12-14-23(15-13-22)28(25,26)19-6-4-3-5-7-19/h3-11,16H,12-15H2,1-2H3,(H,21,24)/p+1/t16-/m0/s1. The summed E-state index contributed by atoms with van der Waals surface area (Å²) in [7, 11) is -1.89. The topological polar surface area (TPSA) is 80.2 Å². The van der Waals surface area contributed by atoms with E-state index in [4.69, 9.17) is 4.74 Å². The molecular formula is C20H26N3O4S+. The van der Waals surface area contributed by atoms with E-state index >= 15 is 0 Å². The molecule has 2 aromatic carbocycles. The molecule has 1 saturated heterocycles. The first-order valence-corrected chi connectivity index (χ1v) is 10.7. The molecule has 0 radical (unpaired) electrons. The molecule has 1 aliphatic rings. The van der Waals surface area contributed by atoms with Crippen LogP contribution in [0.3, 0.4) is 0 Å². The van der Waals surface area contributed by atoms with Gasteiger partial charge in [-0.25, -0.2) is 8.42 Å². The number of quaternary nitrogens is 1. The third-order valence-corrected chi connectivity index (χ3v) is 7.02. The normalized spacial score (nSPS) is 17.1. The van der Waals surface area contributed by atoms with Crippen LogP contribution in [-0.2, 0) is 14.8 Å². The predicted octanol–water partition coefficient (Wildman–Crippen LogP) is 0.612. The fourth-order valence-electron chi connectivity index (χ4n) is 3.30. The highest BCUT2D eigenvalue weighted by Gasteiger charge is 2.34. The molecule has 1 aliphatic heterocycles. The van der Waals surface area contributed by atoms with Crippen LogP contribution in [0.5, 0.6) is 5.75 Å². The van der Waals surface area contributed by atoms with Crippen molar-refractivity contribution in [2.24, 2.45) is 0 Å². The van der Waals surface area contributed by atoms with Gasteiger partial charge < -0.3 is 15.0 Å². The van der Waals surface area contributed by atoms with Gasteiger partial charge in [-0.05, 0) is 43.3 Å². The van der Waals surface area contributed by atoms with Crippen molar-refractivity contribution < 1.29 is 22.8 Å². The quantitative estimate of drug-likeness (QED) is 0.740. The van der Waals surface area contributed by atoms with Crippen LogP contribution >= 0.6 is 0 Å². The molecule has 1 heterocycles. The number of piperazine rings is 1. The molecule has 1 atom stereocenters. The molecule has 0 aromatic heterocycles. The number of nitrogens with one attached hydrogen (secondary N) is 2. The lowest BCUT2D eigenvalue weighted by Crippen LogP contribution is -3.19. The van der Waals surface area contributed by atoms with E-state index in [1.165, 1.54) is 4.31 Å². The maximum Gasteiger partial charge on any atom is 0.282 e. The molecule has 7 nitrogen and oxygen atoms in total. The molecular weight excluding hydrogens is 378 g/mol. The number of amides is 1. The average molecular weight is 405 g/mol. The average Bonchev–Trinajstić information content (AvgIpc) is 2.74. The van der Waals surface area contributed by atoms with Crippen LogP contribution in [0.2, 0.25) is 0 Å². The smallest absolute Gasteiger partial charge is 0.282 e. The number of nitrogens with zero attached hydrogens (tertiary/aromatic N) is 1. The van der Waals surface area contributed by atoms with Gasteiger partial charge in [0.25, 0.3) is 5.91 Å². The largest absolute Gasteiger partial charge is 0.497 e. The zero-order chi connectivity index (χ0) is 20.1. The van der Waals surface area contributed by atoms with Crippen molar-refractivity contribution in [1.29, 1.82) is 0 Å². The third kappa shape index (κ3) is 4.52. The van der Waals surface area contributed by atoms with Crippen molar-refractivity contribution in [3.05, 3.63) is 54.6 Å². The molecule has 0 aliphatic carbocycles. The van der Waals surface area contributed by atoms with Gasteiger partial charge in [-0.2, -0.15) is 4.31 Å². The van der Waals surface area contributed by atoms with Crippen molar-refractivity contribution in [2.75, 3.05) is 38.6 Å². The first kappa shape index (κ1) is 20.3. The van der Waals surface area contributed by atoms with E-state index in [1.54, 1.807) is 61.7 Å². The Morgan fingerprint density at radius 2 is 1.68 bits per heavy atom. The molecule has 28 heavy (non-hydrogen) atoms. The van der Waals surface area contributed by atoms with Gasteiger partial charge in [0.05, 0.1) is 38.2 Å². The summed E-state index contributed by atoms with van der Waals surface area (Å²) in [6.45, 7) is 3.83. The predicted molar refractivity (Wildman–Crippen MR) is 107 cm³/mol. The zero-order valence-corrected chi connectivity index (χ0v) is 16.9. The second-order valence-electron chi connectivity index (χ2n) is 6.81. The minimum atomic E-state index is -3.48. The van der Waals surface area contributed by atoms with Crippen molar-refractivity contribution in [2.45, 2.75) is 17.9 Å². The molecule has 0 unspecified atom stereocenters. The van der Waals surface area contributed by atoms with Gasteiger partial charge in [0, 0.05) is 5.69 Å². The molecule has 2 N–H and O–H groups in total. The number of carbonyl (C=O) groups excluding carboxylic acids is 1. The number of rotatable bonds is 6. The monoisotopic (exact) mass is 404 g/mol. The SMILES string of the molecule is COc1ccc(NC(=O)[C@H](C)[NH+]2CCN(S(=O)(=O)c3ccccc3)CC2)cc1. The Balaban J connectivity index is 1.57. The van der Waals surface area contributed by atoms with Crippen molar-refractivity contribution in [3.8, 4) is 5.75 Å². The second kappa shape index (κ2) is 8.72. The van der Waals surface area contributed by atoms with Gasteiger partial charge in [0.2, 0.25) is 10.0 Å². The maximum absolute atomic E-state index is 12.7. The molecule has 2 aromatic rings. The van der Waals surface area contributed by atoms with Gasteiger partial charge in [0.1, 0.15) is 5.75 Å². The number of hydrogen-bond acceptors (Lipinski definition) is 4. The number of hydrogen-bond donors (Lipinski definition) is 2. The minimum Gasteiger partial charge on any atom is -0.497 e. The lowest BCUT2D eigenvalue weighted by Gasteiger charge is -2.34. The summed E-state index contributed by atoms with van der Waals surface area (Å²) in [5.74, 6) is 0.645. The fourth-order valence-corrected chi connectivity index (χ4v) is 4.76. The summed E-state index contributed by atoms with van der Waals surface area (Å²) in [6.07, 6.45) is 0. The molecule has 1 fully saturated rings. The third-order valence-electron chi connectivity index (χ3n) is 5.11. The number of ether oxygens (including phenoxy) is 1. The summed E-state index contributed by atoms with van der Waals surface area (Å²) >= 11 is 0. The summed E-state index contributed by atoms with van der Waals surface area (Å²) in [6, 6.07) is 15.4. The lowest BCUT2D eigenvalue weighted by atomic mass is 10.2. The number of methoxy groups -OCH3 is 1. The molecule has 150 valence electrons. The van der Waals surface area contributed by atoms with E-state index < -0.39 is 10.0 Å². The first-order chi connectivity index (χ1) is 13.4. The van der Waals surface area contributed by atoms with Crippen LogP contribution in [0.25, 0.3) is 0 Å². The Labute approximate surface area is 166 Å². The van der Waals surface area contributed by atoms with Gasteiger partial charge in [-0.1, -0.05) is 18.2 Å². The Bertz CT molecular complexity index is 893. The number of sulfonamides is 1. The van der Waals surface area contributed by atoms with Crippen LogP contribution < -0.4 is 15.0 Å². The van der Waals surface area contributed by atoms with Gasteiger partial charge in [-0.15, -0.1) is 0 Å². The lowest BCUT2D eigenvalue weighted by molar-refractivity contribution is -0.917. The van der Waals surface area contributed by atoms with Crippen molar-refractivity contribution in [3.63, 3.8) is 0 Å². The van der Waals surface area contributed by atoms with Crippen molar-refractivity contribution in [1.82, 2.24) is 4.31 Å². The highest BCUT2D eigenvalue weighted by atomic mass is 32.2. The summed E-state index contributed by atoms with van der Waals surface area (Å²) in [4.78, 5) is 14.0. The second-order valence-corrected chi connectivity index (χ2v) is 8.75. The highest BCUT2D eigenvalue weighted by molar-refractivity contribution is 7.89. The molecule has 1 amide bonds. The van der Waals surface area contributed by atoms with E-state index in [9.17, 15) is 13.2 Å². The van der Waals surface area contributed by atoms with Gasteiger partial charge in [0.15, 0.2) is 6.04 Å². The molecule has 3 rings (SSSR count). The molecule has 0 bridgehead atoms. The molecule has 8 heteroatoms. The number of carbonyl (C=O) groups is 1. The summed E-state index contributed by atoms with van der Waals surface area (Å²) in [5, 5.41) is 2.91. The Morgan fingerprint density at radius 3 is 2.25 bits per heavy atom. The zero-order valence-electron chi connectivity index (χ0n) is 16.1. The Hall–Kier alpha value is -2.42. The molecule has 0 saturated carbocycles. The summed E-state index contributed by atoms with van der Waals surface area (Å²) < 4.78 is 32.1. The maximum atomic E-state index is 12.7. The number of benzene rings is 2. The van der Waals surface area contributed by atoms with Crippen LogP contribution in [0.4, 0.5) is 5.69 Å². The Morgan fingerprint density at radius 1 is 1.07 bits per heavy atom. The minimum absolute atomic E-state index is 0.0838. The van der Waals surface area contributed by atoms with E-state index in [0.29, 0.717) is 36.8 Å². The first-order valence-electron chi connectivity index (χ1n) is 9.26. The van der Waals surface area contributed by atoms with E-state index in [1.807, 2.05) is 6.92 Å². The fraction of sp³-hybridized carbons (Fsp3) is 0.350. The van der Waals surface area contributed by atoms with Gasteiger partial charge in [-0.3, -0.25) is 4.79 Å². The van der Waals surface area contributed by atoms with E-state index in [0.717, 1.165) is 10.6 Å².